The van der Waals surface area contributed by atoms with Crippen LogP contribution in [-0.2, 0) is 22.6 Å². The van der Waals surface area contributed by atoms with Gasteiger partial charge in [-0.1, -0.05) is 31.2 Å². The third kappa shape index (κ3) is 5.00. The fourth-order valence-corrected chi connectivity index (χ4v) is 2.72. The smallest absolute Gasteiger partial charge is 0.317 e. The molecule has 1 amide bonds. The quantitative estimate of drug-likeness (QED) is 0.866. The van der Waals surface area contributed by atoms with Gasteiger partial charge in [-0.3, -0.25) is 14.5 Å². The third-order valence-electron chi connectivity index (χ3n) is 3.74. The number of rotatable bonds is 6. The molecule has 6 heteroatoms. The van der Waals surface area contributed by atoms with Gasteiger partial charge in [0.1, 0.15) is 0 Å². The van der Waals surface area contributed by atoms with Gasteiger partial charge in [0.2, 0.25) is 5.91 Å². The summed E-state index contributed by atoms with van der Waals surface area (Å²) in [4.78, 5) is 26.7. The third-order valence-corrected chi connectivity index (χ3v) is 3.74. The molecule has 0 fully saturated rings. The van der Waals surface area contributed by atoms with E-state index in [2.05, 4.69) is 12.1 Å². The van der Waals surface area contributed by atoms with Crippen molar-refractivity contribution in [2.24, 2.45) is 0 Å². The molecule has 1 aromatic rings. The van der Waals surface area contributed by atoms with Gasteiger partial charge in [0.05, 0.1) is 13.1 Å². The molecule has 0 unspecified atom stereocenters. The molecule has 1 heterocycles. The van der Waals surface area contributed by atoms with Crippen LogP contribution in [0.4, 0.5) is 0 Å². The number of carbonyl (C=O) groups is 2. The van der Waals surface area contributed by atoms with Gasteiger partial charge in [0, 0.05) is 13.1 Å². The minimum absolute atomic E-state index is 0. The molecule has 0 saturated heterocycles. The summed E-state index contributed by atoms with van der Waals surface area (Å²) in [6.45, 7) is 4.05. The van der Waals surface area contributed by atoms with E-state index in [0.717, 1.165) is 12.8 Å². The number of carboxylic acids is 1. The standard InChI is InChI=1S/C16H22N2O3.ClH/c1-2-8-17(12-16(20)21)11-15(19)18-9-7-13-5-3-4-6-14(13)10-18;/h3-6H,2,7-12H2,1H3,(H,20,21);1H. The van der Waals surface area contributed by atoms with Crippen LogP contribution in [0.1, 0.15) is 24.5 Å². The maximum atomic E-state index is 12.4. The maximum Gasteiger partial charge on any atom is 0.317 e. The summed E-state index contributed by atoms with van der Waals surface area (Å²) in [5, 5.41) is 8.90. The summed E-state index contributed by atoms with van der Waals surface area (Å²) in [5.74, 6) is -0.876. The molecule has 0 spiro atoms. The van der Waals surface area contributed by atoms with Crippen molar-refractivity contribution in [3.05, 3.63) is 35.4 Å². The first-order valence-corrected chi connectivity index (χ1v) is 7.39. The Morgan fingerprint density at radius 2 is 1.91 bits per heavy atom. The van der Waals surface area contributed by atoms with Crippen molar-refractivity contribution in [3.63, 3.8) is 0 Å². The van der Waals surface area contributed by atoms with Crippen molar-refractivity contribution < 1.29 is 14.7 Å². The zero-order chi connectivity index (χ0) is 15.2. The average molecular weight is 327 g/mol. The normalized spacial score (nSPS) is 13.5. The molecule has 1 aliphatic rings. The Bertz CT molecular complexity index is 522. The van der Waals surface area contributed by atoms with Gasteiger partial charge < -0.3 is 10.0 Å². The fraction of sp³-hybridized carbons (Fsp3) is 0.500. The van der Waals surface area contributed by atoms with E-state index in [-0.39, 0.29) is 31.4 Å². The first-order valence-electron chi connectivity index (χ1n) is 7.39. The zero-order valence-electron chi connectivity index (χ0n) is 12.8. The first-order chi connectivity index (χ1) is 10.1. The number of amides is 1. The molecule has 0 atom stereocenters. The highest BCUT2D eigenvalue weighted by atomic mass is 35.5. The van der Waals surface area contributed by atoms with E-state index in [4.69, 9.17) is 5.11 Å². The molecule has 1 aliphatic heterocycles. The predicted octanol–water partition coefficient (Wildman–Crippen LogP) is 1.79. The molecule has 2 rings (SSSR count). The van der Waals surface area contributed by atoms with Crippen molar-refractivity contribution in [1.29, 1.82) is 0 Å². The van der Waals surface area contributed by atoms with Gasteiger partial charge in [-0.25, -0.2) is 0 Å². The highest BCUT2D eigenvalue weighted by molar-refractivity contribution is 5.85. The lowest BCUT2D eigenvalue weighted by molar-refractivity contribution is -0.140. The second-order valence-electron chi connectivity index (χ2n) is 5.44. The molecule has 0 saturated carbocycles. The van der Waals surface area contributed by atoms with Gasteiger partial charge in [-0.05, 0) is 30.5 Å². The fourth-order valence-electron chi connectivity index (χ4n) is 2.72. The van der Waals surface area contributed by atoms with Crippen LogP contribution in [-0.4, -0.2) is 53.0 Å². The number of benzene rings is 1. The lowest BCUT2D eigenvalue weighted by Gasteiger charge is -2.30. The summed E-state index contributed by atoms with van der Waals surface area (Å²) < 4.78 is 0. The molecule has 0 aromatic heterocycles. The number of fused-ring (bicyclic) bond motifs is 1. The van der Waals surface area contributed by atoms with E-state index in [1.54, 1.807) is 4.90 Å². The Hall–Kier alpha value is -1.59. The Morgan fingerprint density at radius 3 is 2.55 bits per heavy atom. The van der Waals surface area contributed by atoms with Crippen molar-refractivity contribution in [3.8, 4) is 0 Å². The van der Waals surface area contributed by atoms with Crippen molar-refractivity contribution in [1.82, 2.24) is 9.80 Å². The van der Waals surface area contributed by atoms with Crippen LogP contribution in [0, 0.1) is 0 Å². The molecule has 0 aliphatic carbocycles. The van der Waals surface area contributed by atoms with Crippen LogP contribution in [0.25, 0.3) is 0 Å². The van der Waals surface area contributed by atoms with E-state index in [9.17, 15) is 9.59 Å². The molecular formula is C16H23ClN2O3. The van der Waals surface area contributed by atoms with Gasteiger partial charge in [0.25, 0.3) is 0 Å². The van der Waals surface area contributed by atoms with E-state index in [1.165, 1.54) is 11.1 Å². The van der Waals surface area contributed by atoms with Gasteiger partial charge >= 0.3 is 5.97 Å². The van der Waals surface area contributed by atoms with Gasteiger partial charge in [-0.15, -0.1) is 12.4 Å². The average Bonchev–Trinajstić information content (AvgIpc) is 2.46. The van der Waals surface area contributed by atoms with Gasteiger partial charge in [0.15, 0.2) is 0 Å². The number of nitrogens with zero attached hydrogens (tertiary/aromatic N) is 2. The number of hydrogen-bond acceptors (Lipinski definition) is 3. The Labute approximate surface area is 137 Å². The second kappa shape index (κ2) is 8.76. The molecular weight excluding hydrogens is 304 g/mol. The van der Waals surface area contributed by atoms with Crippen molar-refractivity contribution >= 4 is 24.3 Å². The Balaban J connectivity index is 0.00000242. The highest BCUT2D eigenvalue weighted by Gasteiger charge is 2.22. The van der Waals surface area contributed by atoms with E-state index >= 15 is 0 Å². The number of halogens is 1. The maximum absolute atomic E-state index is 12.4. The number of carboxylic acid groups (broad SMARTS) is 1. The molecule has 0 radical (unpaired) electrons. The molecule has 1 aromatic carbocycles. The van der Waals surface area contributed by atoms with Crippen LogP contribution in [0.2, 0.25) is 0 Å². The lowest BCUT2D eigenvalue weighted by atomic mass is 10.00. The van der Waals surface area contributed by atoms with Crippen LogP contribution in [0.3, 0.4) is 0 Å². The number of carbonyl (C=O) groups excluding carboxylic acids is 1. The zero-order valence-corrected chi connectivity index (χ0v) is 13.6. The van der Waals surface area contributed by atoms with Crippen molar-refractivity contribution in [2.75, 3.05) is 26.2 Å². The molecule has 5 nitrogen and oxygen atoms in total. The summed E-state index contributed by atoms with van der Waals surface area (Å²) in [7, 11) is 0. The second-order valence-corrected chi connectivity index (χ2v) is 5.44. The summed E-state index contributed by atoms with van der Waals surface area (Å²) in [6.07, 6.45) is 1.71. The van der Waals surface area contributed by atoms with E-state index in [0.29, 0.717) is 19.6 Å². The minimum atomic E-state index is -0.889. The summed E-state index contributed by atoms with van der Waals surface area (Å²) in [5.41, 5.74) is 2.50. The SMILES string of the molecule is CCCN(CC(=O)O)CC(=O)N1CCc2ccccc2C1.Cl. The predicted molar refractivity (Wildman–Crippen MR) is 87.2 cm³/mol. The monoisotopic (exact) mass is 326 g/mol. The topological polar surface area (TPSA) is 60.9 Å². The van der Waals surface area contributed by atoms with Crippen LogP contribution in [0.5, 0.6) is 0 Å². The van der Waals surface area contributed by atoms with Crippen LogP contribution < -0.4 is 0 Å². The molecule has 122 valence electrons. The lowest BCUT2D eigenvalue weighted by Crippen LogP contribution is -2.44. The van der Waals surface area contributed by atoms with E-state index < -0.39 is 5.97 Å². The summed E-state index contributed by atoms with van der Waals surface area (Å²) in [6, 6.07) is 8.16. The van der Waals surface area contributed by atoms with Gasteiger partial charge in [-0.2, -0.15) is 0 Å². The van der Waals surface area contributed by atoms with Crippen LogP contribution in [0.15, 0.2) is 24.3 Å². The number of hydrogen-bond donors (Lipinski definition) is 1. The summed E-state index contributed by atoms with van der Waals surface area (Å²) >= 11 is 0. The van der Waals surface area contributed by atoms with Crippen molar-refractivity contribution in [2.45, 2.75) is 26.3 Å². The molecule has 22 heavy (non-hydrogen) atoms. The Kier molecular flexibility index (Phi) is 7.35. The first kappa shape index (κ1) is 18.5. The number of aliphatic carboxylic acids is 1. The van der Waals surface area contributed by atoms with E-state index in [1.807, 2.05) is 24.0 Å². The largest absolute Gasteiger partial charge is 0.480 e. The Morgan fingerprint density at radius 1 is 1.23 bits per heavy atom. The highest BCUT2D eigenvalue weighted by Crippen LogP contribution is 2.18. The molecule has 0 bridgehead atoms. The molecule has 1 N–H and O–H groups in total. The van der Waals surface area contributed by atoms with Crippen LogP contribution >= 0.6 is 12.4 Å². The minimum Gasteiger partial charge on any atom is -0.480 e.